The summed E-state index contributed by atoms with van der Waals surface area (Å²) in [6.07, 6.45) is 1.91. The fourth-order valence-electron chi connectivity index (χ4n) is 2.01. The predicted molar refractivity (Wildman–Crippen MR) is 61.3 cm³/mol. The Kier molecular flexibility index (Phi) is 2.84. The van der Waals surface area contributed by atoms with Gasteiger partial charge in [0.2, 0.25) is 0 Å². The molecule has 0 radical (unpaired) electrons. The molecule has 0 spiro atoms. The van der Waals surface area contributed by atoms with Crippen molar-refractivity contribution >= 4 is 16.1 Å². The molecule has 0 N–H and O–H groups in total. The molecule has 0 saturated heterocycles. The number of sulfone groups is 1. The molecule has 0 fully saturated rings. The van der Waals surface area contributed by atoms with E-state index in [0.29, 0.717) is 17.7 Å². The van der Waals surface area contributed by atoms with Gasteiger partial charge in [0.15, 0.2) is 9.84 Å². The van der Waals surface area contributed by atoms with Gasteiger partial charge in [-0.2, -0.15) is 0 Å². The minimum atomic E-state index is -3.06. The van der Waals surface area contributed by atoms with Gasteiger partial charge in [0.25, 0.3) is 0 Å². The predicted octanol–water partition coefficient (Wildman–Crippen LogP) is 1.71. The Balaban J connectivity index is 2.43. The maximum Gasteiger partial charge on any atom is 0.178 e. The number of hydrogen-bond donors (Lipinski definition) is 0. The quantitative estimate of drug-likeness (QED) is 0.753. The molecule has 0 aromatic heterocycles. The van der Waals surface area contributed by atoms with Gasteiger partial charge in [-0.05, 0) is 29.5 Å². The van der Waals surface area contributed by atoms with Gasteiger partial charge >= 0.3 is 0 Å². The molecule has 1 heterocycles. The number of carbonyl (C=O) groups is 1. The molecule has 0 saturated carbocycles. The molecule has 1 atom stereocenters. The molecule has 0 amide bonds. The first-order valence-corrected chi connectivity index (χ1v) is 6.99. The number of carbonyl (C=O) groups excluding carboxylic acids is 1. The third kappa shape index (κ3) is 1.89. The van der Waals surface area contributed by atoms with E-state index in [1.807, 2.05) is 19.1 Å². The largest absolute Gasteiger partial charge is 0.303 e. The Hall–Kier alpha value is -1.16. The number of aryl methyl sites for hydroxylation is 1. The monoisotopic (exact) mass is 238 g/mol. The zero-order valence-electron chi connectivity index (χ0n) is 9.14. The van der Waals surface area contributed by atoms with Crippen LogP contribution >= 0.6 is 0 Å². The Labute approximate surface area is 95.4 Å². The average Bonchev–Trinajstić information content (AvgIpc) is 2.55. The molecule has 1 unspecified atom stereocenters. The summed E-state index contributed by atoms with van der Waals surface area (Å²) >= 11 is 0. The second-order valence-corrected chi connectivity index (χ2v) is 6.32. The van der Waals surface area contributed by atoms with Crippen LogP contribution in [0.2, 0.25) is 0 Å². The fourth-order valence-corrected chi connectivity index (χ4v) is 3.60. The van der Waals surface area contributed by atoms with Crippen LogP contribution in [-0.4, -0.2) is 20.5 Å². The Morgan fingerprint density at radius 3 is 2.88 bits per heavy atom. The first-order valence-electron chi connectivity index (χ1n) is 5.34. The molecule has 1 aromatic carbocycles. The molecular formula is C12H14O3S. The lowest BCUT2D eigenvalue weighted by Gasteiger charge is -2.09. The van der Waals surface area contributed by atoms with Crippen molar-refractivity contribution in [1.29, 1.82) is 0 Å². The molecule has 0 aliphatic carbocycles. The van der Waals surface area contributed by atoms with E-state index in [0.717, 1.165) is 17.4 Å². The lowest BCUT2D eigenvalue weighted by Crippen LogP contribution is -2.01. The molecule has 4 heteroatoms. The maximum atomic E-state index is 11.7. The van der Waals surface area contributed by atoms with Crippen LogP contribution in [0.3, 0.4) is 0 Å². The summed E-state index contributed by atoms with van der Waals surface area (Å²) < 4.78 is 23.4. The van der Waals surface area contributed by atoms with Crippen molar-refractivity contribution < 1.29 is 13.2 Å². The van der Waals surface area contributed by atoms with Gasteiger partial charge in [-0.15, -0.1) is 0 Å². The van der Waals surface area contributed by atoms with Gasteiger partial charge in [0.1, 0.15) is 6.29 Å². The van der Waals surface area contributed by atoms with E-state index in [-0.39, 0.29) is 11.7 Å². The molecule has 2 rings (SSSR count). The van der Waals surface area contributed by atoms with Crippen LogP contribution in [-0.2, 0) is 21.1 Å². The van der Waals surface area contributed by atoms with E-state index in [1.54, 1.807) is 6.07 Å². The molecule has 3 nitrogen and oxygen atoms in total. The molecule has 1 aliphatic heterocycles. The van der Waals surface area contributed by atoms with E-state index in [2.05, 4.69) is 0 Å². The topological polar surface area (TPSA) is 51.2 Å². The van der Waals surface area contributed by atoms with E-state index >= 15 is 0 Å². The molecule has 0 bridgehead atoms. The smallest absolute Gasteiger partial charge is 0.178 e. The van der Waals surface area contributed by atoms with Crippen molar-refractivity contribution in [3.05, 3.63) is 29.3 Å². The normalized spacial score (nSPS) is 19.1. The molecule has 1 aliphatic rings. The number of rotatable bonds is 3. The minimum absolute atomic E-state index is 0.0820. The zero-order valence-corrected chi connectivity index (χ0v) is 9.96. The van der Waals surface area contributed by atoms with E-state index < -0.39 is 9.84 Å². The Morgan fingerprint density at radius 1 is 1.44 bits per heavy atom. The van der Waals surface area contributed by atoms with Crippen molar-refractivity contribution in [3.8, 4) is 0 Å². The second kappa shape index (κ2) is 4.01. The summed E-state index contributed by atoms with van der Waals surface area (Å²) in [5, 5.41) is 0. The highest BCUT2D eigenvalue weighted by Gasteiger charge is 2.26. The summed E-state index contributed by atoms with van der Waals surface area (Å²) in [6, 6.07) is 5.52. The van der Waals surface area contributed by atoms with Crippen LogP contribution in [0.15, 0.2) is 23.1 Å². The van der Waals surface area contributed by atoms with Crippen LogP contribution in [0, 0.1) is 0 Å². The van der Waals surface area contributed by atoms with Gasteiger partial charge in [-0.1, -0.05) is 19.1 Å². The van der Waals surface area contributed by atoms with E-state index in [4.69, 9.17) is 0 Å². The number of hydrogen-bond acceptors (Lipinski definition) is 3. The standard InChI is InChI=1S/C12H14O3S/c1-9(4-6-13)11-3-2-10-5-7-16(14,15)12(10)8-11/h2-3,6,8-9H,4-5,7H2,1H3. The molecule has 16 heavy (non-hydrogen) atoms. The van der Waals surface area contributed by atoms with E-state index in [1.165, 1.54) is 0 Å². The third-order valence-electron chi connectivity index (χ3n) is 3.09. The lowest BCUT2D eigenvalue weighted by molar-refractivity contribution is -0.108. The summed E-state index contributed by atoms with van der Waals surface area (Å²) in [7, 11) is -3.06. The first kappa shape index (κ1) is 11.3. The summed E-state index contributed by atoms with van der Waals surface area (Å²) in [5.41, 5.74) is 1.83. The minimum Gasteiger partial charge on any atom is -0.303 e. The highest BCUT2D eigenvalue weighted by Crippen LogP contribution is 2.29. The molecular weight excluding hydrogens is 224 g/mol. The zero-order chi connectivity index (χ0) is 11.8. The van der Waals surface area contributed by atoms with Crippen LogP contribution in [0.1, 0.15) is 30.4 Å². The Morgan fingerprint density at radius 2 is 2.19 bits per heavy atom. The van der Waals surface area contributed by atoms with Crippen LogP contribution < -0.4 is 0 Å². The van der Waals surface area contributed by atoms with Gasteiger partial charge in [0.05, 0.1) is 10.6 Å². The first-order chi connectivity index (χ1) is 7.54. The summed E-state index contributed by atoms with van der Waals surface area (Å²) in [6.45, 7) is 1.93. The second-order valence-electron chi connectivity index (χ2n) is 4.24. The van der Waals surface area contributed by atoms with Crippen LogP contribution in [0.25, 0.3) is 0 Å². The average molecular weight is 238 g/mol. The van der Waals surface area contributed by atoms with Gasteiger partial charge < -0.3 is 4.79 Å². The maximum absolute atomic E-state index is 11.7. The summed E-state index contributed by atoms with van der Waals surface area (Å²) in [5.74, 6) is 0.298. The SMILES string of the molecule is CC(CC=O)c1ccc2c(c1)S(=O)(=O)CC2. The number of aldehydes is 1. The van der Waals surface area contributed by atoms with Gasteiger partial charge in [-0.3, -0.25) is 0 Å². The molecule has 86 valence electrons. The highest BCUT2D eigenvalue weighted by atomic mass is 32.2. The third-order valence-corrected chi connectivity index (χ3v) is 4.88. The van der Waals surface area contributed by atoms with Gasteiger partial charge in [0, 0.05) is 6.42 Å². The van der Waals surface area contributed by atoms with Gasteiger partial charge in [-0.25, -0.2) is 8.42 Å². The lowest BCUT2D eigenvalue weighted by atomic mass is 9.97. The van der Waals surface area contributed by atoms with Crippen molar-refractivity contribution in [3.63, 3.8) is 0 Å². The fraction of sp³-hybridized carbons (Fsp3) is 0.417. The highest BCUT2D eigenvalue weighted by molar-refractivity contribution is 7.91. The molecule has 1 aromatic rings. The van der Waals surface area contributed by atoms with Crippen molar-refractivity contribution in [2.75, 3.05) is 5.75 Å². The van der Waals surface area contributed by atoms with Crippen molar-refractivity contribution in [2.24, 2.45) is 0 Å². The van der Waals surface area contributed by atoms with Crippen molar-refractivity contribution in [1.82, 2.24) is 0 Å². The Bertz CT molecular complexity index is 517. The number of fused-ring (bicyclic) bond motifs is 1. The van der Waals surface area contributed by atoms with Crippen molar-refractivity contribution in [2.45, 2.75) is 30.6 Å². The van der Waals surface area contributed by atoms with Crippen LogP contribution in [0.5, 0.6) is 0 Å². The van der Waals surface area contributed by atoms with E-state index in [9.17, 15) is 13.2 Å². The van der Waals surface area contributed by atoms with Crippen LogP contribution in [0.4, 0.5) is 0 Å². The number of benzene rings is 1. The summed E-state index contributed by atoms with van der Waals surface area (Å²) in [4.78, 5) is 10.9.